The van der Waals surface area contributed by atoms with Gasteiger partial charge in [-0.15, -0.1) is 0 Å². The second-order valence-corrected chi connectivity index (χ2v) is 8.85. The van der Waals surface area contributed by atoms with Gasteiger partial charge in [0, 0.05) is 6.42 Å². The van der Waals surface area contributed by atoms with Crippen LogP contribution in [0.15, 0.2) is 89.8 Å². The van der Waals surface area contributed by atoms with Crippen LogP contribution in [0, 0.1) is 0 Å². The highest BCUT2D eigenvalue weighted by Crippen LogP contribution is 2.39. The van der Waals surface area contributed by atoms with Gasteiger partial charge in [0.2, 0.25) is 0 Å². The largest absolute Gasteiger partial charge is 0.491 e. The third-order valence-corrected chi connectivity index (χ3v) is 7.28. The molecule has 0 aliphatic carbocycles. The van der Waals surface area contributed by atoms with Crippen molar-refractivity contribution in [2.75, 3.05) is 6.61 Å². The van der Waals surface area contributed by atoms with Crippen molar-refractivity contribution in [3.63, 3.8) is 0 Å². The topological polar surface area (TPSA) is 60.4 Å². The number of carbonyl (C=O) groups excluding carboxylic acids is 1. The van der Waals surface area contributed by atoms with Crippen LogP contribution in [0.3, 0.4) is 0 Å². The minimum Gasteiger partial charge on any atom is -0.491 e. The first-order valence-electron chi connectivity index (χ1n) is 8.65. The van der Waals surface area contributed by atoms with Crippen molar-refractivity contribution in [2.45, 2.75) is 16.1 Å². The molecule has 0 amide bonds. The maximum Gasteiger partial charge on any atom is 0.195 e. The van der Waals surface area contributed by atoms with E-state index in [1.807, 2.05) is 30.3 Å². The number of rotatable bonds is 4. The van der Waals surface area contributed by atoms with Crippen molar-refractivity contribution in [2.24, 2.45) is 0 Å². The van der Waals surface area contributed by atoms with Crippen molar-refractivity contribution < 1.29 is 17.9 Å². The van der Waals surface area contributed by atoms with E-state index in [1.54, 1.807) is 42.5 Å². The minimum atomic E-state index is -3.99. The summed E-state index contributed by atoms with van der Waals surface area (Å²) in [6.45, 7) is -0.213. The van der Waals surface area contributed by atoms with Crippen LogP contribution < -0.4 is 4.74 Å². The average Bonchev–Trinajstić information content (AvgIpc) is 2.72. The Kier molecular flexibility index (Phi) is 4.32. The van der Waals surface area contributed by atoms with E-state index in [9.17, 15) is 13.2 Å². The lowest BCUT2D eigenvalue weighted by molar-refractivity contribution is 0.0859. The molecule has 1 heterocycles. The molecule has 0 bridgehead atoms. The quantitative estimate of drug-likeness (QED) is 0.694. The molecule has 0 fully saturated rings. The number of benzene rings is 3. The van der Waals surface area contributed by atoms with Crippen LogP contribution >= 0.6 is 0 Å². The standard InChI is InChI=1S/C22H18O4S/c23-21-19-13-7-8-14-20(19)26-16-22(21,15-17-9-3-1-4-10-17)27(24,25)18-11-5-2-6-12-18/h1-14H,15-16H2. The van der Waals surface area contributed by atoms with Gasteiger partial charge in [0.1, 0.15) is 12.4 Å². The molecule has 0 spiro atoms. The van der Waals surface area contributed by atoms with Crippen LogP contribution in [0.2, 0.25) is 0 Å². The lowest BCUT2D eigenvalue weighted by Gasteiger charge is -2.36. The summed E-state index contributed by atoms with van der Waals surface area (Å²) in [4.78, 5) is 13.6. The molecule has 1 aliphatic heterocycles. The SMILES string of the molecule is O=C1c2ccccc2OCC1(Cc1ccccc1)S(=O)(=O)c1ccccc1. The fraction of sp³-hybridized carbons (Fsp3) is 0.136. The molecular weight excluding hydrogens is 360 g/mol. The summed E-state index contributed by atoms with van der Waals surface area (Å²) in [6, 6.07) is 24.1. The summed E-state index contributed by atoms with van der Waals surface area (Å²) in [6.07, 6.45) is 0.0538. The minimum absolute atomic E-state index is 0.0538. The number of fused-ring (bicyclic) bond motifs is 1. The third kappa shape index (κ3) is 2.84. The van der Waals surface area contributed by atoms with Gasteiger partial charge in [0.25, 0.3) is 0 Å². The van der Waals surface area contributed by atoms with Crippen LogP contribution in [0.25, 0.3) is 0 Å². The molecule has 0 N–H and O–H groups in total. The zero-order valence-corrected chi connectivity index (χ0v) is 15.4. The van der Waals surface area contributed by atoms with E-state index in [-0.39, 0.29) is 17.9 Å². The molecule has 3 aromatic carbocycles. The van der Waals surface area contributed by atoms with Gasteiger partial charge in [-0.1, -0.05) is 60.7 Å². The van der Waals surface area contributed by atoms with Gasteiger partial charge in [0.15, 0.2) is 20.4 Å². The van der Waals surface area contributed by atoms with Crippen molar-refractivity contribution in [3.05, 3.63) is 96.1 Å². The summed E-state index contributed by atoms with van der Waals surface area (Å²) in [5.74, 6) is 0.00602. The van der Waals surface area contributed by atoms with Crippen LogP contribution in [0.5, 0.6) is 5.75 Å². The summed E-state index contributed by atoms with van der Waals surface area (Å²) < 4.78 is 31.4. The van der Waals surface area contributed by atoms with E-state index in [0.29, 0.717) is 11.3 Å². The first-order valence-corrected chi connectivity index (χ1v) is 10.1. The van der Waals surface area contributed by atoms with Crippen molar-refractivity contribution >= 4 is 15.6 Å². The Morgan fingerprint density at radius 1 is 0.815 bits per heavy atom. The Morgan fingerprint density at radius 3 is 2.11 bits per heavy atom. The van der Waals surface area contributed by atoms with Crippen LogP contribution in [0.4, 0.5) is 0 Å². The molecule has 1 aliphatic rings. The second kappa shape index (κ2) is 6.67. The predicted molar refractivity (Wildman–Crippen MR) is 103 cm³/mol. The number of sulfone groups is 1. The van der Waals surface area contributed by atoms with Crippen molar-refractivity contribution in [1.82, 2.24) is 0 Å². The molecule has 1 unspecified atom stereocenters. The first-order chi connectivity index (χ1) is 13.0. The van der Waals surface area contributed by atoms with E-state index in [1.165, 1.54) is 12.1 Å². The molecule has 1 atom stereocenters. The normalized spacial score (nSPS) is 19.2. The number of carbonyl (C=O) groups is 1. The molecule has 5 heteroatoms. The van der Waals surface area contributed by atoms with E-state index in [0.717, 1.165) is 5.56 Å². The van der Waals surface area contributed by atoms with Gasteiger partial charge in [-0.3, -0.25) is 4.79 Å². The smallest absolute Gasteiger partial charge is 0.195 e. The number of Topliss-reactive ketones (excluding diaryl/α,β-unsaturated/α-hetero) is 1. The Labute approximate surface area is 158 Å². The number of hydrogen-bond donors (Lipinski definition) is 0. The Hall–Kier alpha value is -2.92. The van der Waals surface area contributed by atoms with Crippen LogP contribution in [-0.4, -0.2) is 25.6 Å². The van der Waals surface area contributed by atoms with Gasteiger partial charge < -0.3 is 4.74 Å². The summed E-state index contributed by atoms with van der Waals surface area (Å²) in [7, 11) is -3.99. The molecule has 136 valence electrons. The second-order valence-electron chi connectivity index (χ2n) is 6.59. The lowest BCUT2D eigenvalue weighted by atomic mass is 9.88. The highest BCUT2D eigenvalue weighted by molar-refractivity contribution is 7.93. The molecule has 0 saturated heterocycles. The zero-order valence-electron chi connectivity index (χ0n) is 14.5. The molecule has 3 aromatic rings. The van der Waals surface area contributed by atoms with E-state index < -0.39 is 20.4 Å². The Morgan fingerprint density at radius 2 is 1.41 bits per heavy atom. The predicted octanol–water partition coefficient (Wildman–Crippen LogP) is 3.72. The Bertz CT molecular complexity index is 1080. The number of hydrogen-bond acceptors (Lipinski definition) is 4. The fourth-order valence-electron chi connectivity index (χ4n) is 3.46. The van der Waals surface area contributed by atoms with Gasteiger partial charge in [-0.05, 0) is 29.8 Å². The number of para-hydroxylation sites is 1. The number of ether oxygens (including phenoxy) is 1. The molecule has 0 radical (unpaired) electrons. The maximum absolute atomic E-state index is 13.6. The van der Waals surface area contributed by atoms with Crippen LogP contribution in [0.1, 0.15) is 15.9 Å². The van der Waals surface area contributed by atoms with Crippen molar-refractivity contribution in [3.8, 4) is 5.75 Å². The summed E-state index contributed by atoms with van der Waals surface area (Å²) >= 11 is 0. The average molecular weight is 378 g/mol. The zero-order chi connectivity index (χ0) is 18.9. The highest BCUT2D eigenvalue weighted by Gasteiger charge is 2.55. The van der Waals surface area contributed by atoms with Gasteiger partial charge >= 0.3 is 0 Å². The number of ketones is 1. The lowest BCUT2D eigenvalue weighted by Crippen LogP contribution is -2.55. The third-order valence-electron chi connectivity index (χ3n) is 4.91. The molecule has 4 rings (SSSR count). The molecule has 4 nitrogen and oxygen atoms in total. The summed E-state index contributed by atoms with van der Waals surface area (Å²) in [5, 5.41) is 0. The van der Waals surface area contributed by atoms with E-state index in [2.05, 4.69) is 0 Å². The molecule has 27 heavy (non-hydrogen) atoms. The fourth-order valence-corrected chi connectivity index (χ4v) is 5.35. The van der Waals surface area contributed by atoms with Gasteiger partial charge in [-0.2, -0.15) is 0 Å². The van der Waals surface area contributed by atoms with E-state index in [4.69, 9.17) is 4.74 Å². The molecule has 0 aromatic heterocycles. The summed E-state index contributed by atoms with van der Waals surface area (Å²) in [5.41, 5.74) is 1.08. The maximum atomic E-state index is 13.6. The molecular formula is C22H18O4S. The Balaban J connectivity index is 1.91. The van der Waals surface area contributed by atoms with Crippen molar-refractivity contribution in [1.29, 1.82) is 0 Å². The monoisotopic (exact) mass is 378 g/mol. The van der Waals surface area contributed by atoms with Gasteiger partial charge in [-0.25, -0.2) is 8.42 Å². The van der Waals surface area contributed by atoms with E-state index >= 15 is 0 Å². The first kappa shape index (κ1) is 17.5. The molecule has 0 saturated carbocycles. The highest BCUT2D eigenvalue weighted by atomic mass is 32.2. The van der Waals surface area contributed by atoms with Crippen LogP contribution in [-0.2, 0) is 16.3 Å². The van der Waals surface area contributed by atoms with Gasteiger partial charge in [0.05, 0.1) is 10.5 Å².